The van der Waals surface area contributed by atoms with Crippen molar-refractivity contribution < 1.29 is 9.53 Å². The molecule has 0 aliphatic heterocycles. The maximum absolute atomic E-state index is 10.4. The van der Waals surface area contributed by atoms with E-state index in [0.29, 0.717) is 5.75 Å². The largest absolute Gasteiger partial charge is 0.484 e. The van der Waals surface area contributed by atoms with Crippen LogP contribution in [0.3, 0.4) is 0 Å². The standard InChI is InChI=1S/C12H16NO2/c1-12(2,3)9-4-6-10(7-5-9)15-8-11(13)14/h4-7,13H,8H2,1-3H3. The number of hydrogen-bond donors (Lipinski definition) is 0. The van der Waals surface area contributed by atoms with Gasteiger partial charge in [0.2, 0.25) is 0 Å². The van der Waals surface area contributed by atoms with E-state index in [2.05, 4.69) is 20.8 Å². The van der Waals surface area contributed by atoms with E-state index in [1.54, 1.807) is 0 Å². The molecule has 3 nitrogen and oxygen atoms in total. The second-order valence-electron chi connectivity index (χ2n) is 4.49. The molecule has 3 heteroatoms. The van der Waals surface area contributed by atoms with Crippen LogP contribution in [0.15, 0.2) is 24.3 Å². The van der Waals surface area contributed by atoms with Gasteiger partial charge in [-0.05, 0) is 23.1 Å². The highest BCUT2D eigenvalue weighted by Gasteiger charge is 2.12. The lowest BCUT2D eigenvalue weighted by Crippen LogP contribution is -2.12. The number of ether oxygens (including phenoxy) is 1. The van der Waals surface area contributed by atoms with E-state index in [0.717, 1.165) is 0 Å². The van der Waals surface area contributed by atoms with Crippen molar-refractivity contribution in [1.82, 2.24) is 5.73 Å². The number of rotatable bonds is 3. The third-order valence-electron chi connectivity index (χ3n) is 2.09. The molecule has 1 rings (SSSR count). The highest BCUT2D eigenvalue weighted by atomic mass is 16.5. The second-order valence-corrected chi connectivity index (χ2v) is 4.49. The minimum atomic E-state index is -0.713. The van der Waals surface area contributed by atoms with Crippen LogP contribution in [0.1, 0.15) is 26.3 Å². The summed E-state index contributed by atoms with van der Waals surface area (Å²) in [7, 11) is 0. The normalized spacial score (nSPS) is 11.1. The lowest BCUT2D eigenvalue weighted by molar-refractivity contribution is -0.120. The number of hydrogen-bond acceptors (Lipinski definition) is 2. The third-order valence-corrected chi connectivity index (χ3v) is 2.09. The van der Waals surface area contributed by atoms with Crippen LogP contribution in [0, 0.1) is 0 Å². The van der Waals surface area contributed by atoms with Crippen molar-refractivity contribution in [3.63, 3.8) is 0 Å². The summed E-state index contributed by atoms with van der Waals surface area (Å²) in [4.78, 5) is 10.4. The summed E-state index contributed by atoms with van der Waals surface area (Å²) in [6.45, 7) is 6.22. The minimum Gasteiger partial charge on any atom is -0.484 e. The van der Waals surface area contributed by atoms with Gasteiger partial charge in [0.25, 0.3) is 5.91 Å². The summed E-state index contributed by atoms with van der Waals surface area (Å²) in [5.74, 6) is -0.0847. The zero-order valence-electron chi connectivity index (χ0n) is 9.33. The summed E-state index contributed by atoms with van der Waals surface area (Å²) >= 11 is 0. The molecule has 0 heterocycles. The van der Waals surface area contributed by atoms with Gasteiger partial charge in [-0.15, -0.1) is 0 Å². The first-order valence-electron chi connectivity index (χ1n) is 4.87. The highest BCUT2D eigenvalue weighted by molar-refractivity contribution is 5.74. The van der Waals surface area contributed by atoms with Crippen LogP contribution in [0.25, 0.3) is 0 Å². The molecule has 0 spiro atoms. The van der Waals surface area contributed by atoms with Crippen molar-refractivity contribution in [2.24, 2.45) is 0 Å². The smallest absolute Gasteiger partial charge is 0.276 e. The van der Waals surface area contributed by atoms with Crippen LogP contribution < -0.4 is 10.5 Å². The fourth-order valence-corrected chi connectivity index (χ4v) is 1.20. The molecule has 15 heavy (non-hydrogen) atoms. The van der Waals surface area contributed by atoms with Gasteiger partial charge in [-0.3, -0.25) is 10.5 Å². The van der Waals surface area contributed by atoms with E-state index < -0.39 is 5.91 Å². The van der Waals surface area contributed by atoms with E-state index in [4.69, 9.17) is 10.5 Å². The van der Waals surface area contributed by atoms with Crippen LogP contribution in [-0.4, -0.2) is 12.5 Å². The van der Waals surface area contributed by atoms with Crippen LogP contribution in [0.5, 0.6) is 5.75 Å². The molecular weight excluding hydrogens is 190 g/mol. The van der Waals surface area contributed by atoms with Gasteiger partial charge in [-0.1, -0.05) is 32.9 Å². The third kappa shape index (κ3) is 3.62. The van der Waals surface area contributed by atoms with Gasteiger partial charge in [0.1, 0.15) is 5.75 Å². The predicted molar refractivity (Wildman–Crippen MR) is 58.7 cm³/mol. The van der Waals surface area contributed by atoms with Crippen molar-refractivity contribution >= 4 is 5.91 Å². The van der Waals surface area contributed by atoms with Gasteiger partial charge in [-0.2, -0.15) is 0 Å². The molecule has 0 saturated heterocycles. The van der Waals surface area contributed by atoms with Gasteiger partial charge in [0.15, 0.2) is 6.61 Å². The van der Waals surface area contributed by atoms with Crippen molar-refractivity contribution in [3.8, 4) is 5.75 Å². The first kappa shape index (κ1) is 11.6. The molecule has 0 fully saturated rings. The summed E-state index contributed by atoms with van der Waals surface area (Å²) in [6.07, 6.45) is 0. The Morgan fingerprint density at radius 1 is 1.27 bits per heavy atom. The van der Waals surface area contributed by atoms with Crippen molar-refractivity contribution in [1.29, 1.82) is 0 Å². The monoisotopic (exact) mass is 206 g/mol. The van der Waals surface area contributed by atoms with Crippen LogP contribution >= 0.6 is 0 Å². The van der Waals surface area contributed by atoms with E-state index in [1.807, 2.05) is 24.3 Å². The predicted octanol–water partition coefficient (Wildman–Crippen LogP) is 2.17. The van der Waals surface area contributed by atoms with Gasteiger partial charge >= 0.3 is 0 Å². The molecule has 1 amide bonds. The van der Waals surface area contributed by atoms with Gasteiger partial charge in [0, 0.05) is 0 Å². The molecule has 0 saturated carbocycles. The van der Waals surface area contributed by atoms with Crippen LogP contribution in [-0.2, 0) is 10.2 Å². The quantitative estimate of drug-likeness (QED) is 0.761. The Labute approximate surface area is 90.2 Å². The van der Waals surface area contributed by atoms with Crippen molar-refractivity contribution in [2.75, 3.05) is 6.61 Å². The zero-order chi connectivity index (χ0) is 11.5. The molecule has 1 N–H and O–H groups in total. The molecule has 0 bridgehead atoms. The van der Waals surface area contributed by atoms with Crippen molar-refractivity contribution in [2.45, 2.75) is 26.2 Å². The Bertz CT molecular complexity index is 336. The average Bonchev–Trinajstić information content (AvgIpc) is 2.14. The fourth-order valence-electron chi connectivity index (χ4n) is 1.20. The molecular formula is C12H16NO2. The molecule has 1 radical (unpaired) electrons. The maximum atomic E-state index is 10.4. The molecule has 0 atom stereocenters. The van der Waals surface area contributed by atoms with Gasteiger partial charge < -0.3 is 4.74 Å². The summed E-state index contributed by atoms with van der Waals surface area (Å²) in [6, 6.07) is 7.60. The average molecular weight is 206 g/mol. The van der Waals surface area contributed by atoms with Crippen LogP contribution in [0.2, 0.25) is 0 Å². The molecule has 0 unspecified atom stereocenters. The molecule has 0 aliphatic carbocycles. The van der Waals surface area contributed by atoms with Crippen molar-refractivity contribution in [3.05, 3.63) is 29.8 Å². The maximum Gasteiger partial charge on any atom is 0.276 e. The number of carbonyl (C=O) groups is 1. The molecule has 0 aromatic heterocycles. The molecule has 1 aromatic rings. The minimum absolute atomic E-state index is 0.115. The van der Waals surface area contributed by atoms with E-state index >= 15 is 0 Å². The van der Waals surface area contributed by atoms with E-state index in [-0.39, 0.29) is 12.0 Å². The van der Waals surface area contributed by atoms with E-state index in [1.165, 1.54) is 5.56 Å². The van der Waals surface area contributed by atoms with Gasteiger partial charge in [-0.25, -0.2) is 0 Å². The Morgan fingerprint density at radius 3 is 2.20 bits per heavy atom. The second kappa shape index (κ2) is 4.34. The number of benzene rings is 1. The first-order chi connectivity index (χ1) is 6.89. The Kier molecular flexibility index (Phi) is 3.35. The highest BCUT2D eigenvalue weighted by Crippen LogP contribution is 2.24. The zero-order valence-corrected chi connectivity index (χ0v) is 9.33. The molecule has 1 aromatic carbocycles. The van der Waals surface area contributed by atoms with E-state index in [9.17, 15) is 4.79 Å². The fraction of sp³-hybridized carbons (Fsp3) is 0.417. The SMILES string of the molecule is CC(C)(C)c1ccc(OCC([NH])=O)cc1. The molecule has 0 aliphatic rings. The topological polar surface area (TPSA) is 50.1 Å². The Balaban J connectivity index is 2.69. The van der Waals surface area contributed by atoms with Gasteiger partial charge in [0.05, 0.1) is 0 Å². The first-order valence-corrected chi connectivity index (χ1v) is 4.87. The summed E-state index contributed by atoms with van der Waals surface area (Å²) < 4.78 is 5.10. The summed E-state index contributed by atoms with van der Waals surface area (Å²) in [5.41, 5.74) is 8.03. The Morgan fingerprint density at radius 2 is 1.80 bits per heavy atom. The molecule has 81 valence electrons. The number of carbonyl (C=O) groups excluding carboxylic acids is 1. The summed E-state index contributed by atoms with van der Waals surface area (Å²) in [5, 5.41) is 0. The lowest BCUT2D eigenvalue weighted by Gasteiger charge is -2.19. The number of amides is 1. The lowest BCUT2D eigenvalue weighted by atomic mass is 9.87. The number of nitrogens with one attached hydrogen (secondary N) is 1. The Hall–Kier alpha value is -1.51. The van der Waals surface area contributed by atoms with Crippen LogP contribution in [0.4, 0.5) is 0 Å².